The normalized spacial score (nSPS) is 12.4. The predicted octanol–water partition coefficient (Wildman–Crippen LogP) is 1.03. The van der Waals surface area contributed by atoms with Gasteiger partial charge in [-0.05, 0) is 12.5 Å². The first kappa shape index (κ1) is 16.5. The molecule has 0 spiro atoms. The van der Waals surface area contributed by atoms with E-state index in [1.807, 2.05) is 0 Å². The summed E-state index contributed by atoms with van der Waals surface area (Å²) in [6, 6.07) is 0.819. The predicted molar refractivity (Wildman–Crippen MR) is 69.6 cm³/mol. The van der Waals surface area contributed by atoms with Crippen LogP contribution in [0.3, 0.4) is 0 Å². The molecule has 1 rings (SSSR count). The molecule has 0 aliphatic rings. The zero-order valence-corrected chi connectivity index (χ0v) is 11.5. The van der Waals surface area contributed by atoms with Crippen LogP contribution in [-0.2, 0) is 16.2 Å². The van der Waals surface area contributed by atoms with Crippen molar-refractivity contribution in [3.63, 3.8) is 0 Å². The lowest BCUT2D eigenvalue weighted by molar-refractivity contribution is -0.141. The van der Waals surface area contributed by atoms with Crippen molar-refractivity contribution >= 4 is 21.4 Å². The van der Waals surface area contributed by atoms with Crippen molar-refractivity contribution in [2.75, 3.05) is 30.4 Å². The number of pyridine rings is 1. The smallest absolute Gasteiger partial charge is 0.396 e. The Labute approximate surface area is 114 Å². The van der Waals surface area contributed by atoms with E-state index in [-0.39, 0.29) is 24.5 Å². The van der Waals surface area contributed by atoms with Gasteiger partial charge in [0.2, 0.25) is 10.0 Å². The van der Waals surface area contributed by atoms with E-state index in [4.69, 9.17) is 5.73 Å². The Bertz CT molecular complexity index is 560. The van der Waals surface area contributed by atoms with E-state index >= 15 is 0 Å². The van der Waals surface area contributed by atoms with Gasteiger partial charge in [0, 0.05) is 13.1 Å². The van der Waals surface area contributed by atoms with Crippen molar-refractivity contribution in [1.82, 2.24) is 9.71 Å². The summed E-state index contributed by atoms with van der Waals surface area (Å²) in [7, 11) is -3.26. The van der Waals surface area contributed by atoms with Gasteiger partial charge < -0.3 is 11.1 Å². The maximum atomic E-state index is 12.5. The Morgan fingerprint density at radius 1 is 1.35 bits per heavy atom. The fourth-order valence-corrected chi connectivity index (χ4v) is 1.86. The molecule has 0 saturated carbocycles. The third-order valence-corrected chi connectivity index (χ3v) is 2.99. The Morgan fingerprint density at radius 3 is 2.55 bits per heavy atom. The maximum Gasteiger partial charge on any atom is 0.433 e. The molecule has 10 heteroatoms. The van der Waals surface area contributed by atoms with Crippen molar-refractivity contribution < 1.29 is 21.6 Å². The van der Waals surface area contributed by atoms with Gasteiger partial charge in [0.1, 0.15) is 5.69 Å². The van der Waals surface area contributed by atoms with Crippen LogP contribution in [-0.4, -0.2) is 32.7 Å². The molecule has 1 aromatic heterocycles. The van der Waals surface area contributed by atoms with Gasteiger partial charge in [-0.3, -0.25) is 0 Å². The fourth-order valence-electron chi connectivity index (χ4n) is 1.34. The minimum Gasteiger partial charge on any atom is -0.396 e. The molecule has 0 saturated heterocycles. The number of hydrogen-bond acceptors (Lipinski definition) is 5. The summed E-state index contributed by atoms with van der Waals surface area (Å²) in [6.45, 7) is 0.455. The van der Waals surface area contributed by atoms with Crippen LogP contribution in [0.2, 0.25) is 0 Å². The van der Waals surface area contributed by atoms with E-state index < -0.39 is 21.9 Å². The summed E-state index contributed by atoms with van der Waals surface area (Å²) >= 11 is 0. The van der Waals surface area contributed by atoms with Gasteiger partial charge in [-0.25, -0.2) is 18.1 Å². The second-order valence-electron chi connectivity index (χ2n) is 4.10. The van der Waals surface area contributed by atoms with Crippen molar-refractivity contribution in [2.45, 2.75) is 12.6 Å². The third kappa shape index (κ3) is 5.61. The van der Waals surface area contributed by atoms with Gasteiger partial charge >= 0.3 is 6.18 Å². The number of alkyl halides is 3. The highest BCUT2D eigenvalue weighted by Gasteiger charge is 2.32. The van der Waals surface area contributed by atoms with Crippen molar-refractivity contribution in [1.29, 1.82) is 0 Å². The Kier molecular flexibility index (Phi) is 5.17. The molecule has 20 heavy (non-hydrogen) atoms. The molecule has 0 unspecified atom stereocenters. The number of nitrogens with zero attached hydrogens (tertiary/aromatic N) is 1. The molecule has 0 amide bonds. The molecule has 0 atom stereocenters. The summed E-state index contributed by atoms with van der Waals surface area (Å²) in [5, 5.41) is 2.71. The number of nitrogens with one attached hydrogen (secondary N) is 2. The molecule has 1 aromatic rings. The second kappa shape index (κ2) is 6.27. The van der Waals surface area contributed by atoms with Gasteiger partial charge in [-0.2, -0.15) is 13.2 Å². The van der Waals surface area contributed by atoms with Crippen LogP contribution < -0.4 is 15.8 Å². The highest BCUT2D eigenvalue weighted by atomic mass is 32.2. The molecular formula is C10H15F3N4O2S. The largest absolute Gasteiger partial charge is 0.433 e. The molecule has 6 nitrogen and oxygen atoms in total. The number of nitrogens with two attached hydrogens (primary N) is 1. The van der Waals surface area contributed by atoms with E-state index in [1.54, 1.807) is 0 Å². The maximum absolute atomic E-state index is 12.5. The number of sulfonamides is 1. The molecule has 4 N–H and O–H groups in total. The lowest BCUT2D eigenvalue weighted by Crippen LogP contribution is -2.24. The molecule has 0 fully saturated rings. The summed E-state index contributed by atoms with van der Waals surface area (Å²) in [6.07, 6.45) is -2.19. The van der Waals surface area contributed by atoms with Gasteiger partial charge in [0.25, 0.3) is 0 Å². The van der Waals surface area contributed by atoms with Crippen LogP contribution in [0.5, 0.6) is 0 Å². The second-order valence-corrected chi connectivity index (χ2v) is 5.93. The molecule has 0 aromatic carbocycles. The van der Waals surface area contributed by atoms with Gasteiger partial charge in [0.15, 0.2) is 0 Å². The lowest BCUT2D eigenvalue weighted by Gasteiger charge is -2.12. The fraction of sp³-hybridized carbons (Fsp3) is 0.500. The van der Waals surface area contributed by atoms with Crippen LogP contribution in [0.15, 0.2) is 12.3 Å². The molecule has 0 aliphatic heterocycles. The number of halogens is 3. The van der Waals surface area contributed by atoms with Crippen LogP contribution in [0.25, 0.3) is 0 Å². The quantitative estimate of drug-likeness (QED) is 0.682. The first-order valence-electron chi connectivity index (χ1n) is 5.61. The minimum absolute atomic E-state index is 0.0917. The standard InChI is InChI=1S/C10H15F3N4O2S/c1-20(18,19)17-4-2-3-15-8-5-9(10(11,12)13)16-6-7(8)14/h5-6,17H,2-4,14H2,1H3,(H,15,16). The van der Waals surface area contributed by atoms with Crippen LogP contribution in [0.1, 0.15) is 12.1 Å². The van der Waals surface area contributed by atoms with E-state index in [9.17, 15) is 21.6 Å². The molecule has 0 radical (unpaired) electrons. The summed E-state index contributed by atoms with van der Waals surface area (Å²) in [5.41, 5.74) is 4.68. The monoisotopic (exact) mass is 312 g/mol. The minimum atomic E-state index is -4.54. The average Bonchev–Trinajstić information content (AvgIpc) is 2.28. The zero-order chi connectivity index (χ0) is 15.4. The van der Waals surface area contributed by atoms with Crippen molar-refractivity contribution in [2.24, 2.45) is 0 Å². The highest BCUT2D eigenvalue weighted by molar-refractivity contribution is 7.88. The van der Waals surface area contributed by atoms with Gasteiger partial charge in [-0.15, -0.1) is 0 Å². The molecule has 0 bridgehead atoms. The summed E-state index contributed by atoms with van der Waals surface area (Å²) in [4.78, 5) is 3.21. The topological polar surface area (TPSA) is 97.1 Å². The van der Waals surface area contributed by atoms with Crippen molar-refractivity contribution in [3.8, 4) is 0 Å². The van der Waals surface area contributed by atoms with Gasteiger partial charge in [0.05, 0.1) is 23.8 Å². The Hall–Kier alpha value is -1.55. The zero-order valence-electron chi connectivity index (χ0n) is 10.7. The number of nitrogen functional groups attached to an aromatic ring is 1. The molecule has 114 valence electrons. The molecule has 1 heterocycles. The lowest BCUT2D eigenvalue weighted by atomic mass is 10.2. The number of hydrogen-bond donors (Lipinski definition) is 3. The van der Waals surface area contributed by atoms with Crippen LogP contribution >= 0.6 is 0 Å². The van der Waals surface area contributed by atoms with Crippen LogP contribution in [0.4, 0.5) is 24.5 Å². The Morgan fingerprint density at radius 2 is 2.00 bits per heavy atom. The summed E-state index contributed by atoms with van der Waals surface area (Å²) in [5.74, 6) is 0. The first-order valence-corrected chi connectivity index (χ1v) is 7.50. The number of aromatic nitrogens is 1. The Balaban J connectivity index is 2.56. The SMILES string of the molecule is CS(=O)(=O)NCCCNc1cc(C(F)(F)F)ncc1N. The van der Waals surface area contributed by atoms with E-state index in [0.29, 0.717) is 6.42 Å². The van der Waals surface area contributed by atoms with Crippen LogP contribution in [0, 0.1) is 0 Å². The van der Waals surface area contributed by atoms with E-state index in [0.717, 1.165) is 18.5 Å². The van der Waals surface area contributed by atoms with Crippen molar-refractivity contribution in [3.05, 3.63) is 18.0 Å². The summed E-state index contributed by atoms with van der Waals surface area (Å²) < 4.78 is 61.2. The molecule has 0 aliphatic carbocycles. The molecular weight excluding hydrogens is 297 g/mol. The first-order chi connectivity index (χ1) is 9.09. The van der Waals surface area contributed by atoms with Gasteiger partial charge in [-0.1, -0.05) is 0 Å². The average molecular weight is 312 g/mol. The number of rotatable bonds is 6. The van der Waals surface area contributed by atoms with E-state index in [2.05, 4.69) is 15.0 Å². The van der Waals surface area contributed by atoms with E-state index in [1.165, 1.54) is 0 Å². The highest BCUT2D eigenvalue weighted by Crippen LogP contribution is 2.30. The number of anilines is 2. The third-order valence-electron chi connectivity index (χ3n) is 2.26.